The number of imidazole rings is 1. The van der Waals surface area contributed by atoms with Crippen LogP contribution in [0.4, 0.5) is 25.2 Å². The van der Waals surface area contributed by atoms with Crippen LogP contribution >= 0.6 is 0 Å². The van der Waals surface area contributed by atoms with E-state index in [9.17, 15) is 23.2 Å². The van der Waals surface area contributed by atoms with E-state index < -0.39 is 67.5 Å². The van der Waals surface area contributed by atoms with Crippen LogP contribution in [0, 0.1) is 5.92 Å². The van der Waals surface area contributed by atoms with Crippen molar-refractivity contribution in [2.45, 2.75) is 49.7 Å². The van der Waals surface area contributed by atoms with E-state index in [1.807, 2.05) is 0 Å². The Morgan fingerprint density at radius 1 is 1.29 bits per heavy atom. The molecular weight excluding hydrogens is 556 g/mol. The highest BCUT2D eigenvalue weighted by Crippen LogP contribution is 2.54. The number of methoxy groups -OCH3 is 2. The van der Waals surface area contributed by atoms with Crippen LogP contribution in [0.2, 0.25) is 0 Å². The fraction of sp³-hybridized carbons (Fsp3) is 0.462. The van der Waals surface area contributed by atoms with Crippen molar-refractivity contribution in [3.8, 4) is 5.88 Å². The van der Waals surface area contributed by atoms with Crippen molar-refractivity contribution >= 4 is 45.7 Å². The first-order valence-electron chi connectivity index (χ1n) is 16.2. The number of hydrogen-bond acceptors (Lipinski definition) is 9. The third-order valence-corrected chi connectivity index (χ3v) is 7.79. The average molecular weight is 593 g/mol. The zero-order chi connectivity index (χ0) is 35.8. The van der Waals surface area contributed by atoms with Gasteiger partial charge >= 0.3 is 11.8 Å². The molecule has 0 aliphatic heterocycles. The molecule has 2 saturated carbocycles. The van der Waals surface area contributed by atoms with Gasteiger partial charge in [0.25, 0.3) is 0 Å². The lowest BCUT2D eigenvalue weighted by molar-refractivity contribution is -0.124. The zero-order valence-electron chi connectivity index (χ0n) is 28.9. The number of anilines is 2. The van der Waals surface area contributed by atoms with E-state index in [4.69, 9.17) is 20.1 Å². The summed E-state index contributed by atoms with van der Waals surface area (Å²) >= 11 is 0. The van der Waals surface area contributed by atoms with Crippen LogP contribution in [-0.2, 0) is 22.0 Å². The van der Waals surface area contributed by atoms with Crippen molar-refractivity contribution in [1.29, 1.82) is 0 Å². The first kappa shape index (κ1) is 20.2. The highest BCUT2D eigenvalue weighted by Gasteiger charge is 2.66. The van der Waals surface area contributed by atoms with E-state index in [-0.39, 0.29) is 59.4 Å². The number of pyridine rings is 2. The summed E-state index contributed by atoms with van der Waals surface area (Å²) < 4.78 is 94.8. The lowest BCUT2D eigenvalue weighted by atomic mass is 10.2. The molecule has 4 atom stereocenters. The van der Waals surface area contributed by atoms with Gasteiger partial charge in [-0.15, -0.1) is 5.10 Å². The molecule has 2 aliphatic rings. The zero-order valence-corrected chi connectivity index (χ0v) is 21.9. The molecule has 6 rings (SSSR count). The molecule has 0 unspecified atom stereocenters. The molecule has 4 N–H and O–H groups in total. The molecule has 0 aromatic carbocycles. The maximum absolute atomic E-state index is 13.8. The molecular formula is C26H29F2N9O5. The third-order valence-electron chi connectivity index (χ3n) is 7.79. The summed E-state index contributed by atoms with van der Waals surface area (Å²) in [6.07, 6.45) is -2.68. The number of alkyl halides is 2. The smallest absolute Gasteiger partial charge is 0.407 e. The Hall–Kier alpha value is -4.76. The lowest BCUT2D eigenvalue weighted by Crippen LogP contribution is -2.38. The topological polar surface area (TPSA) is 173 Å². The number of aryl methyl sites for hydroxylation is 1. The number of nitrogens with one attached hydrogen (secondary N) is 2. The molecule has 0 radical (unpaired) electrons. The number of nitrogens with zero attached hydrogens (tertiary/aromatic N) is 6. The summed E-state index contributed by atoms with van der Waals surface area (Å²) in [6, 6.07) is 1.89. The number of nitrogens with two attached hydrogens (primary N) is 1. The number of alkyl carbamates (subject to hydrolysis) is 1. The number of ether oxygens (including phenoxy) is 2. The van der Waals surface area contributed by atoms with E-state index >= 15 is 0 Å². The van der Waals surface area contributed by atoms with Gasteiger partial charge in [0.15, 0.2) is 11.2 Å². The van der Waals surface area contributed by atoms with Crippen molar-refractivity contribution < 1.29 is 37.4 Å². The van der Waals surface area contributed by atoms with Gasteiger partial charge < -0.3 is 25.8 Å². The summed E-state index contributed by atoms with van der Waals surface area (Å²) in [5.41, 5.74) is 2.55. The molecule has 2 fully saturated rings. The molecule has 2 aliphatic carbocycles. The quantitative estimate of drug-likeness (QED) is 0.277. The normalized spacial score (nSPS) is 28.2. The lowest BCUT2D eigenvalue weighted by Gasteiger charge is -2.15. The monoisotopic (exact) mass is 592 g/mol. The van der Waals surface area contributed by atoms with Gasteiger partial charge in [-0.3, -0.25) is 13.9 Å². The number of halogens is 2. The molecule has 4 aromatic rings. The maximum Gasteiger partial charge on any atom is 0.407 e. The maximum atomic E-state index is 13.8. The number of fused-ring (bicyclic) bond motifs is 2. The van der Waals surface area contributed by atoms with Crippen molar-refractivity contribution in [3.05, 3.63) is 34.9 Å². The summed E-state index contributed by atoms with van der Waals surface area (Å²) in [7, 11) is -1.84. The second-order valence-electron chi connectivity index (χ2n) is 10.1. The van der Waals surface area contributed by atoms with Gasteiger partial charge in [0.05, 0.1) is 48.2 Å². The highest BCUT2D eigenvalue weighted by atomic mass is 19.3. The number of primary amides is 1. The van der Waals surface area contributed by atoms with E-state index in [1.165, 1.54) is 22.8 Å². The minimum atomic E-state index is -2.98. The predicted molar refractivity (Wildman–Crippen MR) is 146 cm³/mol. The molecule has 14 nitrogen and oxygen atoms in total. The standard InChI is InChI=1S/C26H29F2N9O5/c1-35-17-11-30-19(9-16(17)36(25(35)40)13-5-4-12(8-13)31-24(39)42-3)32-18-7-6-14-21(33-18)37(34-22(14)41-2)26(23(29)38)10-15(26)20(27)28/h6-7,9,11-13,15,20H,4-5,8,10H2,1-3H3,(H2,29,38)(H,31,39)(H,30,32,33)/t12-,13-,15-,26+/m1/s1/i1D3,2D3,12D. The van der Waals surface area contributed by atoms with Crippen LogP contribution in [0.25, 0.3) is 22.1 Å². The van der Waals surface area contributed by atoms with Gasteiger partial charge in [-0.2, -0.15) is 0 Å². The molecule has 4 aromatic heterocycles. The summed E-state index contributed by atoms with van der Waals surface area (Å²) in [5, 5.41) is 9.34. The second-order valence-corrected chi connectivity index (χ2v) is 10.1. The van der Waals surface area contributed by atoms with E-state index in [2.05, 4.69) is 30.4 Å². The van der Waals surface area contributed by atoms with Crippen LogP contribution < -0.4 is 26.8 Å². The first-order valence-corrected chi connectivity index (χ1v) is 12.7. The number of carbonyl (C=O) groups is 2. The fourth-order valence-electron chi connectivity index (χ4n) is 5.62. The van der Waals surface area contributed by atoms with Crippen LogP contribution in [-0.4, -0.2) is 67.5 Å². The summed E-state index contributed by atoms with van der Waals surface area (Å²) in [6.45, 7) is -2.90. The SMILES string of the molecule is [2H]C([2H])([2H])Oc1nn([C@@]2(C(N)=O)C[C@@H]2C(F)F)c2nc(Nc3cc4c(cn3)n(C([2H])([2H])[2H])c(=O)n4[C@@H]3CC[C@@]([2H])(NC(=O)OC)C3)ccc12. The van der Waals surface area contributed by atoms with Crippen LogP contribution in [0.1, 0.15) is 41.3 Å². The number of aromatic nitrogens is 6. The number of hydrogen-bond donors (Lipinski definition) is 3. The molecule has 4 heterocycles. The molecule has 0 saturated heterocycles. The van der Waals surface area contributed by atoms with Crippen LogP contribution in [0.3, 0.4) is 0 Å². The number of amides is 2. The molecule has 2 amide bonds. The van der Waals surface area contributed by atoms with Crippen molar-refractivity contribution in [3.63, 3.8) is 0 Å². The Morgan fingerprint density at radius 3 is 2.81 bits per heavy atom. The van der Waals surface area contributed by atoms with Gasteiger partial charge in [0.2, 0.25) is 18.2 Å². The Balaban J connectivity index is 1.42. The molecule has 0 spiro atoms. The minimum Gasteiger partial charge on any atom is -0.479 e. The van der Waals surface area contributed by atoms with Gasteiger partial charge in [0, 0.05) is 29.2 Å². The van der Waals surface area contributed by atoms with E-state index in [0.717, 1.165) is 18.0 Å². The van der Waals surface area contributed by atoms with Gasteiger partial charge in [-0.05, 0) is 37.8 Å². The number of carbonyl (C=O) groups excluding carboxylic acids is 2. The first-order chi connectivity index (χ1) is 22.8. The average Bonchev–Trinajstić information content (AvgIpc) is 3.37. The van der Waals surface area contributed by atoms with E-state index in [0.29, 0.717) is 4.57 Å². The van der Waals surface area contributed by atoms with Crippen molar-refractivity contribution in [2.24, 2.45) is 18.6 Å². The Kier molecular flexibility index (Phi) is 4.78. The van der Waals surface area contributed by atoms with Gasteiger partial charge in [-0.1, -0.05) is 0 Å². The molecule has 0 bridgehead atoms. The Labute approximate surface area is 246 Å². The largest absolute Gasteiger partial charge is 0.479 e. The predicted octanol–water partition coefficient (Wildman–Crippen LogP) is 2.15. The molecule has 42 heavy (non-hydrogen) atoms. The second kappa shape index (κ2) is 9.95. The molecule has 16 heteroatoms. The highest BCUT2D eigenvalue weighted by molar-refractivity contribution is 5.91. The number of rotatable bonds is 8. The van der Waals surface area contributed by atoms with Gasteiger partial charge in [-0.25, -0.2) is 33.0 Å². The summed E-state index contributed by atoms with van der Waals surface area (Å²) in [4.78, 5) is 46.5. The van der Waals surface area contributed by atoms with Crippen molar-refractivity contribution in [1.82, 2.24) is 34.2 Å². The van der Waals surface area contributed by atoms with Crippen molar-refractivity contribution in [2.75, 3.05) is 19.5 Å². The molecule has 222 valence electrons. The van der Waals surface area contributed by atoms with Crippen LogP contribution in [0.5, 0.6) is 5.88 Å². The minimum absolute atomic E-state index is 0.00673. The van der Waals surface area contributed by atoms with Crippen LogP contribution in [0.15, 0.2) is 29.2 Å². The third kappa shape index (κ3) is 4.19. The fourth-order valence-corrected chi connectivity index (χ4v) is 5.62. The Bertz CT molecular complexity index is 2050. The van der Waals surface area contributed by atoms with Gasteiger partial charge in [0.1, 0.15) is 11.6 Å². The van der Waals surface area contributed by atoms with E-state index in [1.54, 1.807) is 0 Å². The summed E-state index contributed by atoms with van der Waals surface area (Å²) in [5.74, 6) is -3.08. The Morgan fingerprint density at radius 2 is 2.12 bits per heavy atom.